The van der Waals surface area contributed by atoms with E-state index in [1.165, 1.54) is 12.1 Å². The Bertz CT molecular complexity index is 699. The third-order valence-electron chi connectivity index (χ3n) is 4.23. The lowest BCUT2D eigenvalue weighted by Crippen LogP contribution is -2.48. The number of sulfonamides is 1. The minimum atomic E-state index is -3.91. The van der Waals surface area contributed by atoms with E-state index < -0.39 is 26.7 Å². The fourth-order valence-electron chi connectivity index (χ4n) is 3.18. The van der Waals surface area contributed by atoms with Crippen LogP contribution in [0, 0.1) is 10.1 Å². The second-order valence-corrected chi connectivity index (χ2v) is 7.19. The summed E-state index contributed by atoms with van der Waals surface area (Å²) in [6.07, 6.45) is 0.919. The summed E-state index contributed by atoms with van der Waals surface area (Å²) in [4.78, 5) is 10.5. The number of halogens is 1. The molecule has 1 fully saturated rings. The summed E-state index contributed by atoms with van der Waals surface area (Å²) >= 11 is 0. The zero-order valence-corrected chi connectivity index (χ0v) is 11.6. The second kappa shape index (κ2) is 3.91. The Hall–Kier alpha value is -1.70. The topological polar surface area (TPSA) is 80.5 Å². The lowest BCUT2D eigenvalue weighted by molar-refractivity contribution is -0.384. The third-order valence-corrected chi connectivity index (χ3v) is 5.32. The number of benzene rings is 1. The molecule has 0 N–H and O–H groups in total. The van der Waals surface area contributed by atoms with Gasteiger partial charge in [0.25, 0.3) is 5.69 Å². The summed E-state index contributed by atoms with van der Waals surface area (Å²) in [5.74, 6) is 0. The van der Waals surface area contributed by atoms with Gasteiger partial charge in [-0.2, -0.15) is 0 Å². The molecule has 0 bridgehead atoms. The van der Waals surface area contributed by atoms with Gasteiger partial charge in [0.1, 0.15) is 5.69 Å². The molecule has 1 heterocycles. The highest BCUT2D eigenvalue weighted by Gasteiger charge is 2.59. The normalized spacial score (nSPS) is 23.5. The SMILES string of the molecule is CS(=O)(=O)N1c2c([N+](=O)[O-])cccc2C2(CCC2)C1F. The smallest absolute Gasteiger partial charge is 0.258 e. The second-order valence-electron chi connectivity index (χ2n) is 5.33. The molecule has 1 spiro atoms. The van der Waals surface area contributed by atoms with E-state index >= 15 is 0 Å². The Labute approximate surface area is 115 Å². The molecule has 1 aliphatic heterocycles. The quantitative estimate of drug-likeness (QED) is 0.476. The van der Waals surface area contributed by atoms with Gasteiger partial charge < -0.3 is 0 Å². The van der Waals surface area contributed by atoms with Crippen LogP contribution in [0.1, 0.15) is 24.8 Å². The number of anilines is 1. The third kappa shape index (κ3) is 1.51. The average molecular weight is 300 g/mol. The Morgan fingerprint density at radius 1 is 1.45 bits per heavy atom. The molecule has 1 aromatic carbocycles. The number of hydrogen-bond acceptors (Lipinski definition) is 4. The number of rotatable bonds is 2. The minimum Gasteiger partial charge on any atom is -0.258 e. The number of alkyl halides is 1. The molecule has 1 saturated carbocycles. The van der Waals surface area contributed by atoms with Gasteiger partial charge in [-0.25, -0.2) is 17.1 Å². The fraction of sp³-hybridized carbons (Fsp3) is 0.500. The van der Waals surface area contributed by atoms with Gasteiger partial charge in [0.2, 0.25) is 10.0 Å². The fourth-order valence-corrected chi connectivity index (χ4v) is 4.24. The molecule has 3 rings (SSSR count). The van der Waals surface area contributed by atoms with Gasteiger partial charge in [-0.05, 0) is 18.4 Å². The van der Waals surface area contributed by atoms with Crippen molar-refractivity contribution in [1.29, 1.82) is 0 Å². The molecule has 2 aliphatic rings. The molecule has 6 nitrogen and oxygen atoms in total. The van der Waals surface area contributed by atoms with Crippen LogP contribution in [0.3, 0.4) is 0 Å². The first kappa shape index (κ1) is 13.3. The number of hydrogen-bond donors (Lipinski definition) is 0. The number of nitro groups is 1. The van der Waals surface area contributed by atoms with E-state index in [1.807, 2.05) is 0 Å². The highest BCUT2D eigenvalue weighted by atomic mass is 32.2. The molecule has 1 aliphatic carbocycles. The van der Waals surface area contributed by atoms with Crippen LogP contribution >= 0.6 is 0 Å². The maximum Gasteiger partial charge on any atom is 0.293 e. The zero-order chi connectivity index (χ0) is 14.7. The molecule has 0 amide bonds. The van der Waals surface area contributed by atoms with Crippen LogP contribution in [0.5, 0.6) is 0 Å². The van der Waals surface area contributed by atoms with Gasteiger partial charge in [0, 0.05) is 11.5 Å². The molecule has 1 atom stereocenters. The van der Waals surface area contributed by atoms with Crippen LogP contribution < -0.4 is 4.31 Å². The van der Waals surface area contributed by atoms with Crippen molar-refractivity contribution in [1.82, 2.24) is 0 Å². The highest BCUT2D eigenvalue weighted by Crippen LogP contribution is 2.59. The summed E-state index contributed by atoms with van der Waals surface area (Å²) in [5.41, 5.74) is -0.938. The van der Waals surface area contributed by atoms with Crippen molar-refractivity contribution in [3.63, 3.8) is 0 Å². The highest BCUT2D eigenvalue weighted by molar-refractivity contribution is 7.92. The van der Waals surface area contributed by atoms with Crippen LogP contribution in [-0.2, 0) is 15.4 Å². The van der Waals surface area contributed by atoms with Gasteiger partial charge >= 0.3 is 0 Å². The monoisotopic (exact) mass is 300 g/mol. The van der Waals surface area contributed by atoms with Crippen LogP contribution in [0.25, 0.3) is 0 Å². The van der Waals surface area contributed by atoms with Crippen molar-refractivity contribution in [2.24, 2.45) is 0 Å². The van der Waals surface area contributed by atoms with E-state index in [1.54, 1.807) is 6.07 Å². The van der Waals surface area contributed by atoms with Crippen LogP contribution in [-0.4, -0.2) is 25.9 Å². The van der Waals surface area contributed by atoms with E-state index in [9.17, 15) is 22.9 Å². The Morgan fingerprint density at radius 3 is 2.55 bits per heavy atom. The first-order chi connectivity index (χ1) is 9.29. The Balaban J connectivity index is 2.32. The summed E-state index contributed by atoms with van der Waals surface area (Å²) in [7, 11) is -3.91. The molecule has 8 heteroatoms. The summed E-state index contributed by atoms with van der Waals surface area (Å²) in [6, 6.07) is 4.29. The van der Waals surface area contributed by atoms with E-state index in [0.29, 0.717) is 22.7 Å². The van der Waals surface area contributed by atoms with E-state index in [4.69, 9.17) is 0 Å². The summed E-state index contributed by atoms with van der Waals surface area (Å²) in [5, 5.41) is 11.1. The van der Waals surface area contributed by atoms with Gasteiger partial charge in [-0.1, -0.05) is 18.6 Å². The van der Waals surface area contributed by atoms with Gasteiger partial charge in [0.05, 0.1) is 11.2 Å². The maximum absolute atomic E-state index is 14.7. The van der Waals surface area contributed by atoms with Crippen LogP contribution in [0.2, 0.25) is 0 Å². The largest absolute Gasteiger partial charge is 0.293 e. The Morgan fingerprint density at radius 2 is 2.10 bits per heavy atom. The van der Waals surface area contributed by atoms with Crippen LogP contribution in [0.15, 0.2) is 18.2 Å². The molecular formula is C12H13FN2O4S. The number of fused-ring (bicyclic) bond motifs is 2. The average Bonchev–Trinajstić information content (AvgIpc) is 2.55. The van der Waals surface area contributed by atoms with Crippen molar-refractivity contribution >= 4 is 21.4 Å². The van der Waals surface area contributed by atoms with E-state index in [-0.39, 0.29) is 11.4 Å². The standard InChI is InChI=1S/C12H13FN2O4S/c1-20(18,19)14-10-8(4-2-5-9(10)15(16)17)12(11(14)13)6-3-7-12/h2,4-5,11H,3,6-7H2,1H3. The van der Waals surface area contributed by atoms with Crippen molar-refractivity contribution in [2.45, 2.75) is 31.0 Å². The van der Waals surface area contributed by atoms with Gasteiger partial charge in [-0.15, -0.1) is 0 Å². The lowest BCUT2D eigenvalue weighted by atomic mass is 9.65. The summed E-state index contributed by atoms with van der Waals surface area (Å²) < 4.78 is 39.1. The molecule has 1 unspecified atom stereocenters. The van der Waals surface area contributed by atoms with E-state index in [2.05, 4.69) is 0 Å². The van der Waals surface area contributed by atoms with Crippen LogP contribution in [0.4, 0.5) is 15.8 Å². The van der Waals surface area contributed by atoms with Crippen molar-refractivity contribution < 1.29 is 17.7 Å². The molecular weight excluding hydrogens is 287 g/mol. The zero-order valence-electron chi connectivity index (χ0n) is 10.7. The minimum absolute atomic E-state index is 0.104. The molecule has 20 heavy (non-hydrogen) atoms. The first-order valence-electron chi connectivity index (χ1n) is 6.20. The van der Waals surface area contributed by atoms with Crippen molar-refractivity contribution in [3.8, 4) is 0 Å². The lowest BCUT2D eigenvalue weighted by Gasteiger charge is -2.41. The van der Waals surface area contributed by atoms with E-state index in [0.717, 1.165) is 12.7 Å². The molecule has 0 radical (unpaired) electrons. The first-order valence-corrected chi connectivity index (χ1v) is 8.05. The van der Waals surface area contributed by atoms with Gasteiger partial charge in [-0.3, -0.25) is 10.1 Å². The predicted molar refractivity (Wildman–Crippen MR) is 70.8 cm³/mol. The Kier molecular flexibility index (Phi) is 2.60. The number of para-hydroxylation sites is 1. The molecule has 1 aromatic rings. The molecule has 0 saturated heterocycles. The summed E-state index contributed by atoms with van der Waals surface area (Å²) in [6.45, 7) is 0. The van der Waals surface area contributed by atoms with Crippen molar-refractivity contribution in [2.75, 3.05) is 10.6 Å². The molecule has 0 aromatic heterocycles. The number of nitro benzene ring substituents is 1. The number of nitrogens with zero attached hydrogens (tertiary/aromatic N) is 2. The maximum atomic E-state index is 14.7. The predicted octanol–water partition coefficient (Wildman–Crippen LogP) is 2.09. The van der Waals surface area contributed by atoms with Gasteiger partial charge in [0.15, 0.2) is 6.30 Å². The molecule has 108 valence electrons. The van der Waals surface area contributed by atoms with Crippen molar-refractivity contribution in [3.05, 3.63) is 33.9 Å².